The molecule has 0 atom stereocenters. The molecule has 1 aliphatic heterocycles. The standard InChI is InChI=1S/C13H19ClN2/c1-3-13(4-2)8-16(9-13)10-5-6-11(14)12(15)7-10/h5-7H,3-4,8-9,15H2,1-2H3. The lowest BCUT2D eigenvalue weighted by molar-refractivity contribution is 0.194. The monoisotopic (exact) mass is 238 g/mol. The highest BCUT2D eigenvalue weighted by Crippen LogP contribution is 2.40. The average molecular weight is 239 g/mol. The first-order valence-electron chi connectivity index (χ1n) is 5.90. The second kappa shape index (κ2) is 4.17. The summed E-state index contributed by atoms with van der Waals surface area (Å²) in [5.41, 5.74) is 8.20. The summed E-state index contributed by atoms with van der Waals surface area (Å²) < 4.78 is 0. The second-order valence-corrected chi connectivity index (χ2v) is 5.18. The highest BCUT2D eigenvalue weighted by Gasteiger charge is 2.39. The van der Waals surface area contributed by atoms with Gasteiger partial charge < -0.3 is 10.6 Å². The molecule has 0 bridgehead atoms. The summed E-state index contributed by atoms with van der Waals surface area (Å²) in [6.07, 6.45) is 2.51. The highest BCUT2D eigenvalue weighted by atomic mass is 35.5. The number of nitrogens with zero attached hydrogens (tertiary/aromatic N) is 1. The van der Waals surface area contributed by atoms with Crippen LogP contribution < -0.4 is 10.6 Å². The van der Waals surface area contributed by atoms with Crippen molar-refractivity contribution in [3.8, 4) is 0 Å². The van der Waals surface area contributed by atoms with Gasteiger partial charge in [0.15, 0.2) is 0 Å². The lowest BCUT2D eigenvalue weighted by atomic mass is 9.75. The van der Waals surface area contributed by atoms with E-state index in [-0.39, 0.29) is 0 Å². The van der Waals surface area contributed by atoms with Gasteiger partial charge in [0.1, 0.15) is 0 Å². The zero-order valence-electron chi connectivity index (χ0n) is 9.96. The van der Waals surface area contributed by atoms with Crippen LogP contribution in [-0.2, 0) is 0 Å². The molecule has 16 heavy (non-hydrogen) atoms. The molecule has 88 valence electrons. The van der Waals surface area contributed by atoms with Crippen LogP contribution in [0.15, 0.2) is 18.2 Å². The van der Waals surface area contributed by atoms with Crippen molar-refractivity contribution >= 4 is 23.0 Å². The van der Waals surface area contributed by atoms with Crippen LogP contribution >= 0.6 is 11.6 Å². The van der Waals surface area contributed by atoms with Gasteiger partial charge in [0.2, 0.25) is 0 Å². The zero-order valence-corrected chi connectivity index (χ0v) is 10.7. The third-order valence-electron chi connectivity index (χ3n) is 3.90. The normalized spacial score (nSPS) is 18.3. The van der Waals surface area contributed by atoms with E-state index in [2.05, 4.69) is 18.7 Å². The highest BCUT2D eigenvalue weighted by molar-refractivity contribution is 6.33. The van der Waals surface area contributed by atoms with Gasteiger partial charge in [0, 0.05) is 24.2 Å². The van der Waals surface area contributed by atoms with E-state index >= 15 is 0 Å². The maximum Gasteiger partial charge on any atom is 0.0636 e. The fourth-order valence-electron chi connectivity index (χ4n) is 2.37. The van der Waals surface area contributed by atoms with E-state index in [4.69, 9.17) is 17.3 Å². The van der Waals surface area contributed by atoms with Gasteiger partial charge in [-0.15, -0.1) is 0 Å². The first kappa shape index (κ1) is 11.6. The summed E-state index contributed by atoms with van der Waals surface area (Å²) in [5.74, 6) is 0. The van der Waals surface area contributed by atoms with Gasteiger partial charge in [-0.2, -0.15) is 0 Å². The van der Waals surface area contributed by atoms with Crippen LogP contribution in [0, 0.1) is 5.41 Å². The van der Waals surface area contributed by atoms with Crippen molar-refractivity contribution in [2.45, 2.75) is 26.7 Å². The van der Waals surface area contributed by atoms with Gasteiger partial charge in [0.25, 0.3) is 0 Å². The second-order valence-electron chi connectivity index (χ2n) is 4.77. The molecule has 2 nitrogen and oxygen atoms in total. The van der Waals surface area contributed by atoms with E-state index < -0.39 is 0 Å². The summed E-state index contributed by atoms with van der Waals surface area (Å²) in [6.45, 7) is 6.83. The number of halogens is 1. The van der Waals surface area contributed by atoms with Gasteiger partial charge in [-0.1, -0.05) is 25.4 Å². The number of benzene rings is 1. The van der Waals surface area contributed by atoms with Crippen LogP contribution in [0.4, 0.5) is 11.4 Å². The van der Waals surface area contributed by atoms with Crippen molar-refractivity contribution in [1.29, 1.82) is 0 Å². The van der Waals surface area contributed by atoms with Crippen molar-refractivity contribution < 1.29 is 0 Å². The predicted molar refractivity (Wildman–Crippen MR) is 71.1 cm³/mol. The van der Waals surface area contributed by atoms with Crippen LogP contribution in [-0.4, -0.2) is 13.1 Å². The van der Waals surface area contributed by atoms with Gasteiger partial charge in [0.05, 0.1) is 10.7 Å². The minimum absolute atomic E-state index is 0.522. The maximum absolute atomic E-state index is 5.91. The number of anilines is 2. The lowest BCUT2D eigenvalue weighted by Gasteiger charge is -2.51. The van der Waals surface area contributed by atoms with E-state index in [1.807, 2.05) is 18.2 Å². The van der Waals surface area contributed by atoms with Crippen molar-refractivity contribution in [3.05, 3.63) is 23.2 Å². The quantitative estimate of drug-likeness (QED) is 0.816. The molecule has 2 rings (SSSR count). The maximum atomic E-state index is 5.91. The van der Waals surface area contributed by atoms with Crippen LogP contribution in [0.5, 0.6) is 0 Å². The van der Waals surface area contributed by atoms with Crippen molar-refractivity contribution in [2.24, 2.45) is 5.41 Å². The molecule has 0 amide bonds. The molecule has 0 radical (unpaired) electrons. The number of rotatable bonds is 3. The molecule has 1 heterocycles. The molecule has 3 heteroatoms. The molecule has 1 fully saturated rings. The third-order valence-corrected chi connectivity index (χ3v) is 4.24. The van der Waals surface area contributed by atoms with Gasteiger partial charge >= 0.3 is 0 Å². The fraction of sp³-hybridized carbons (Fsp3) is 0.538. The average Bonchev–Trinajstić information content (AvgIpc) is 2.23. The topological polar surface area (TPSA) is 29.3 Å². The Balaban J connectivity index is 2.09. The summed E-state index contributed by atoms with van der Waals surface area (Å²) in [5, 5.41) is 0.640. The van der Waals surface area contributed by atoms with E-state index in [1.165, 1.54) is 18.5 Å². The fourth-order valence-corrected chi connectivity index (χ4v) is 2.49. The molecular weight excluding hydrogens is 220 g/mol. The zero-order chi connectivity index (χ0) is 11.8. The van der Waals surface area contributed by atoms with Crippen LogP contribution in [0.25, 0.3) is 0 Å². The van der Waals surface area contributed by atoms with Crippen LogP contribution in [0.2, 0.25) is 5.02 Å². The molecule has 2 N–H and O–H groups in total. The lowest BCUT2D eigenvalue weighted by Crippen LogP contribution is -2.55. The van der Waals surface area contributed by atoms with E-state index in [9.17, 15) is 0 Å². The Kier molecular flexibility index (Phi) is 3.02. The number of hydrogen-bond acceptors (Lipinski definition) is 2. The Morgan fingerprint density at radius 3 is 2.44 bits per heavy atom. The molecule has 1 aliphatic rings. The van der Waals surface area contributed by atoms with Gasteiger partial charge in [-0.05, 0) is 31.0 Å². The number of nitrogens with two attached hydrogens (primary N) is 1. The van der Waals surface area contributed by atoms with Gasteiger partial charge in [-0.25, -0.2) is 0 Å². The summed E-state index contributed by atoms with van der Waals surface area (Å²) in [4.78, 5) is 2.37. The Morgan fingerprint density at radius 1 is 1.31 bits per heavy atom. The summed E-state index contributed by atoms with van der Waals surface area (Å²) in [6, 6.07) is 5.90. The third kappa shape index (κ3) is 1.86. The van der Waals surface area contributed by atoms with Gasteiger partial charge in [-0.3, -0.25) is 0 Å². The number of hydrogen-bond donors (Lipinski definition) is 1. The number of nitrogen functional groups attached to an aromatic ring is 1. The Labute approximate surface area is 102 Å². The van der Waals surface area contributed by atoms with E-state index in [0.717, 1.165) is 13.1 Å². The smallest absolute Gasteiger partial charge is 0.0636 e. The molecular formula is C13H19ClN2. The first-order valence-corrected chi connectivity index (χ1v) is 6.28. The Hall–Kier alpha value is -0.890. The molecule has 0 unspecified atom stereocenters. The van der Waals surface area contributed by atoms with Crippen molar-refractivity contribution in [2.75, 3.05) is 23.7 Å². The van der Waals surface area contributed by atoms with E-state index in [1.54, 1.807) is 0 Å². The summed E-state index contributed by atoms with van der Waals surface area (Å²) >= 11 is 5.91. The minimum Gasteiger partial charge on any atom is -0.397 e. The molecule has 0 aromatic heterocycles. The molecule has 1 saturated heterocycles. The van der Waals surface area contributed by atoms with Crippen molar-refractivity contribution in [3.63, 3.8) is 0 Å². The Morgan fingerprint density at radius 2 is 1.94 bits per heavy atom. The van der Waals surface area contributed by atoms with Crippen molar-refractivity contribution in [1.82, 2.24) is 0 Å². The SMILES string of the molecule is CCC1(CC)CN(c2ccc(Cl)c(N)c2)C1. The molecule has 0 spiro atoms. The first-order chi connectivity index (χ1) is 7.60. The minimum atomic E-state index is 0.522. The Bertz CT molecular complexity index is 378. The summed E-state index contributed by atoms with van der Waals surface area (Å²) in [7, 11) is 0. The van der Waals surface area contributed by atoms with E-state index in [0.29, 0.717) is 16.1 Å². The molecule has 1 aromatic carbocycles. The predicted octanol–water partition coefficient (Wildman–Crippen LogP) is 3.55. The molecule has 1 aromatic rings. The molecule has 0 saturated carbocycles. The van der Waals surface area contributed by atoms with Crippen LogP contribution in [0.1, 0.15) is 26.7 Å². The van der Waals surface area contributed by atoms with Crippen LogP contribution in [0.3, 0.4) is 0 Å². The largest absolute Gasteiger partial charge is 0.397 e. The molecule has 0 aliphatic carbocycles.